The molecule has 0 aliphatic heterocycles. The van der Waals surface area contributed by atoms with Crippen molar-refractivity contribution in [1.29, 1.82) is 0 Å². The van der Waals surface area contributed by atoms with Gasteiger partial charge in [0.2, 0.25) is 0 Å². The first kappa shape index (κ1) is 13.9. The minimum atomic E-state index is 0.00167. The number of hydrogen-bond donors (Lipinski definition) is 3. The number of nitrogens with one attached hydrogen (secondary N) is 1. The molecule has 1 fully saturated rings. The molecule has 0 amide bonds. The molecule has 0 aromatic carbocycles. The smallest absolute Gasteiger partial charge is 0.128 e. The molecule has 1 aliphatic carbocycles. The van der Waals surface area contributed by atoms with Crippen LogP contribution in [-0.2, 0) is 0 Å². The van der Waals surface area contributed by atoms with E-state index in [9.17, 15) is 0 Å². The molecule has 1 atom stereocenters. The monoisotopic (exact) mass is 286 g/mol. The summed E-state index contributed by atoms with van der Waals surface area (Å²) >= 11 is 7.91. The number of halogens is 1. The normalized spacial score (nSPS) is 18.1. The number of nitrogen functional groups attached to an aromatic ring is 1. The zero-order valence-corrected chi connectivity index (χ0v) is 11.8. The first-order chi connectivity index (χ1) is 8.70. The number of hydrogen-bond acceptors (Lipinski definition) is 5. The molecule has 1 aliphatic rings. The van der Waals surface area contributed by atoms with Crippen molar-refractivity contribution in [3.8, 4) is 0 Å². The second-order valence-corrected chi connectivity index (χ2v) is 6.36. The maximum absolute atomic E-state index is 5.95. The highest BCUT2D eigenvalue weighted by molar-refractivity contribution is 7.99. The number of anilines is 1. The van der Waals surface area contributed by atoms with E-state index in [0.29, 0.717) is 10.8 Å². The van der Waals surface area contributed by atoms with Crippen molar-refractivity contribution in [3.05, 3.63) is 22.8 Å². The predicted molar refractivity (Wildman–Crippen MR) is 78.4 cm³/mol. The maximum atomic E-state index is 5.95. The number of rotatable bonds is 5. The van der Waals surface area contributed by atoms with E-state index >= 15 is 0 Å². The van der Waals surface area contributed by atoms with Crippen molar-refractivity contribution in [2.45, 2.75) is 37.0 Å². The van der Waals surface area contributed by atoms with E-state index in [1.807, 2.05) is 17.8 Å². The number of pyridine rings is 1. The molecule has 1 unspecified atom stereocenters. The highest BCUT2D eigenvalue weighted by Crippen LogP contribution is 2.33. The first-order valence-corrected chi connectivity index (χ1v) is 7.62. The van der Waals surface area contributed by atoms with Gasteiger partial charge < -0.3 is 5.73 Å². The number of thioether (sulfide) groups is 1. The SMILES string of the molecule is NNC(CSC1CCCC1)c1cc(Cl)cnc1N. The van der Waals surface area contributed by atoms with Gasteiger partial charge in [0.25, 0.3) is 0 Å². The van der Waals surface area contributed by atoms with Crippen LogP contribution in [0.2, 0.25) is 5.02 Å². The van der Waals surface area contributed by atoms with Gasteiger partial charge >= 0.3 is 0 Å². The van der Waals surface area contributed by atoms with E-state index in [-0.39, 0.29) is 6.04 Å². The van der Waals surface area contributed by atoms with Crippen LogP contribution < -0.4 is 17.0 Å². The summed E-state index contributed by atoms with van der Waals surface area (Å²) < 4.78 is 0. The van der Waals surface area contributed by atoms with Gasteiger partial charge in [-0.2, -0.15) is 11.8 Å². The van der Waals surface area contributed by atoms with Gasteiger partial charge in [-0.15, -0.1) is 0 Å². The third-order valence-electron chi connectivity index (χ3n) is 3.29. The van der Waals surface area contributed by atoms with Crippen LogP contribution in [-0.4, -0.2) is 16.0 Å². The fourth-order valence-electron chi connectivity index (χ4n) is 2.26. The molecule has 0 spiro atoms. The summed E-state index contributed by atoms with van der Waals surface area (Å²) in [5, 5.41) is 1.35. The summed E-state index contributed by atoms with van der Waals surface area (Å²) in [5.41, 5.74) is 9.57. The van der Waals surface area contributed by atoms with Gasteiger partial charge in [0.15, 0.2) is 0 Å². The zero-order chi connectivity index (χ0) is 13.0. The van der Waals surface area contributed by atoms with Crippen LogP contribution in [0.5, 0.6) is 0 Å². The van der Waals surface area contributed by atoms with Crippen molar-refractivity contribution in [3.63, 3.8) is 0 Å². The summed E-state index contributed by atoms with van der Waals surface area (Å²) in [6, 6.07) is 1.84. The van der Waals surface area contributed by atoms with Crippen molar-refractivity contribution < 1.29 is 0 Å². The standard InChI is InChI=1S/C12H19ClN4S/c13-8-5-10(12(14)16-6-8)11(17-15)7-18-9-3-1-2-4-9/h5-6,9,11,17H,1-4,7,15H2,(H2,14,16). The summed E-state index contributed by atoms with van der Waals surface area (Å²) in [6.45, 7) is 0. The summed E-state index contributed by atoms with van der Waals surface area (Å²) in [7, 11) is 0. The van der Waals surface area contributed by atoms with E-state index in [0.717, 1.165) is 16.6 Å². The summed E-state index contributed by atoms with van der Waals surface area (Å²) in [4.78, 5) is 4.07. The summed E-state index contributed by atoms with van der Waals surface area (Å²) in [5.74, 6) is 7.01. The fourth-order valence-corrected chi connectivity index (χ4v) is 3.83. The van der Waals surface area contributed by atoms with Gasteiger partial charge in [-0.25, -0.2) is 4.98 Å². The molecule has 0 saturated heterocycles. The van der Waals surface area contributed by atoms with Crippen molar-refractivity contribution in [2.75, 3.05) is 11.5 Å². The van der Waals surface area contributed by atoms with Crippen LogP contribution >= 0.6 is 23.4 Å². The average molecular weight is 287 g/mol. The Kier molecular flexibility index (Phi) is 5.12. The Morgan fingerprint density at radius 1 is 1.50 bits per heavy atom. The molecule has 0 radical (unpaired) electrons. The average Bonchev–Trinajstić information content (AvgIpc) is 2.87. The molecule has 1 saturated carbocycles. The van der Waals surface area contributed by atoms with Gasteiger partial charge in [0.05, 0.1) is 11.1 Å². The molecule has 0 bridgehead atoms. The molecule has 1 aromatic rings. The third-order valence-corrected chi connectivity index (χ3v) is 4.97. The van der Waals surface area contributed by atoms with Crippen LogP contribution in [0.1, 0.15) is 37.3 Å². The molecule has 5 N–H and O–H groups in total. The minimum absolute atomic E-state index is 0.00167. The number of aromatic nitrogens is 1. The van der Waals surface area contributed by atoms with Crippen molar-refractivity contribution >= 4 is 29.2 Å². The predicted octanol–water partition coefficient (Wildman–Crippen LogP) is 2.50. The van der Waals surface area contributed by atoms with Gasteiger partial charge in [0, 0.05) is 22.8 Å². The Morgan fingerprint density at radius 3 is 2.89 bits per heavy atom. The molecule has 4 nitrogen and oxygen atoms in total. The Morgan fingerprint density at radius 2 is 2.22 bits per heavy atom. The van der Waals surface area contributed by atoms with Crippen LogP contribution in [0.3, 0.4) is 0 Å². The molecule has 1 heterocycles. The Hall–Kier alpha value is -0.490. The van der Waals surface area contributed by atoms with Gasteiger partial charge in [0.1, 0.15) is 5.82 Å². The molecule has 6 heteroatoms. The lowest BCUT2D eigenvalue weighted by Gasteiger charge is -2.19. The molecule has 1 aromatic heterocycles. The van der Waals surface area contributed by atoms with Crippen molar-refractivity contribution in [1.82, 2.24) is 10.4 Å². The maximum Gasteiger partial charge on any atom is 0.128 e. The van der Waals surface area contributed by atoms with Gasteiger partial charge in [-0.3, -0.25) is 11.3 Å². The fraction of sp³-hybridized carbons (Fsp3) is 0.583. The minimum Gasteiger partial charge on any atom is -0.383 e. The molecule has 2 rings (SSSR count). The highest BCUT2D eigenvalue weighted by atomic mass is 35.5. The van der Waals surface area contributed by atoms with E-state index in [1.165, 1.54) is 25.7 Å². The summed E-state index contributed by atoms with van der Waals surface area (Å²) in [6.07, 6.45) is 6.87. The lowest BCUT2D eigenvalue weighted by Crippen LogP contribution is -2.31. The van der Waals surface area contributed by atoms with Crippen LogP contribution in [0.25, 0.3) is 0 Å². The second kappa shape index (κ2) is 6.61. The van der Waals surface area contributed by atoms with Gasteiger partial charge in [-0.1, -0.05) is 24.4 Å². The lowest BCUT2D eigenvalue weighted by atomic mass is 10.1. The van der Waals surface area contributed by atoms with E-state index in [2.05, 4.69) is 10.4 Å². The Bertz CT molecular complexity index is 396. The number of nitrogens with zero attached hydrogens (tertiary/aromatic N) is 1. The van der Waals surface area contributed by atoms with Crippen molar-refractivity contribution in [2.24, 2.45) is 5.84 Å². The zero-order valence-electron chi connectivity index (χ0n) is 10.2. The van der Waals surface area contributed by atoms with E-state index < -0.39 is 0 Å². The Labute approximate surface area is 117 Å². The highest BCUT2D eigenvalue weighted by Gasteiger charge is 2.20. The Balaban J connectivity index is 2.00. The van der Waals surface area contributed by atoms with Crippen LogP contribution in [0.15, 0.2) is 12.3 Å². The van der Waals surface area contributed by atoms with Gasteiger partial charge in [-0.05, 0) is 18.9 Å². The van der Waals surface area contributed by atoms with Crippen LogP contribution in [0, 0.1) is 0 Å². The second-order valence-electron chi connectivity index (χ2n) is 4.59. The largest absolute Gasteiger partial charge is 0.383 e. The number of nitrogens with two attached hydrogens (primary N) is 2. The lowest BCUT2D eigenvalue weighted by molar-refractivity contribution is 0.609. The molecule has 100 valence electrons. The topological polar surface area (TPSA) is 77.0 Å². The quantitative estimate of drug-likeness (QED) is 0.573. The first-order valence-electron chi connectivity index (χ1n) is 6.19. The third kappa shape index (κ3) is 3.51. The van der Waals surface area contributed by atoms with E-state index in [1.54, 1.807) is 6.20 Å². The van der Waals surface area contributed by atoms with Crippen LogP contribution in [0.4, 0.5) is 5.82 Å². The van der Waals surface area contributed by atoms with E-state index in [4.69, 9.17) is 23.2 Å². The molecular weight excluding hydrogens is 268 g/mol. The number of hydrazine groups is 1. The molecule has 18 heavy (non-hydrogen) atoms. The molecular formula is C12H19ClN4S.